The molecular weight excluding hydrogens is 226 g/mol. The summed E-state index contributed by atoms with van der Waals surface area (Å²) in [5.74, 6) is 0.485. The smallest absolute Gasteiger partial charge is 0.0697 e. The van der Waals surface area contributed by atoms with Gasteiger partial charge in [-0.05, 0) is 50.9 Å². The molecule has 3 heteroatoms. The molecule has 104 valence electrons. The molecule has 0 aromatic rings. The van der Waals surface area contributed by atoms with Gasteiger partial charge in [-0.15, -0.1) is 0 Å². The maximum atomic E-state index is 9.49. The molecule has 2 aliphatic carbocycles. The lowest BCUT2D eigenvalue weighted by atomic mass is 9.73. The molecule has 3 aliphatic rings. The fourth-order valence-electron chi connectivity index (χ4n) is 4.04. The van der Waals surface area contributed by atoms with Crippen LogP contribution in [0.25, 0.3) is 0 Å². The molecule has 0 aromatic heterocycles. The summed E-state index contributed by atoms with van der Waals surface area (Å²) in [6, 6.07) is 1.17. The van der Waals surface area contributed by atoms with Gasteiger partial charge in [0.25, 0.3) is 0 Å². The largest absolute Gasteiger partial charge is 0.396 e. The average Bonchev–Trinajstić information content (AvgIpc) is 2.38. The Hall–Kier alpha value is -0.120. The zero-order valence-corrected chi connectivity index (χ0v) is 11.4. The van der Waals surface area contributed by atoms with Crippen molar-refractivity contribution in [2.75, 3.05) is 13.2 Å². The van der Waals surface area contributed by atoms with Crippen LogP contribution in [0.3, 0.4) is 0 Å². The molecule has 1 heterocycles. The van der Waals surface area contributed by atoms with Crippen LogP contribution in [-0.2, 0) is 4.74 Å². The Labute approximate surface area is 110 Å². The molecule has 3 unspecified atom stereocenters. The molecule has 0 aromatic carbocycles. The molecule has 3 atom stereocenters. The second-order valence-electron chi connectivity index (χ2n) is 6.58. The van der Waals surface area contributed by atoms with Crippen LogP contribution in [0.1, 0.15) is 57.8 Å². The van der Waals surface area contributed by atoms with E-state index in [9.17, 15) is 5.11 Å². The molecular formula is C15H27NO2. The van der Waals surface area contributed by atoms with Crippen molar-refractivity contribution in [1.29, 1.82) is 0 Å². The Morgan fingerprint density at radius 1 is 1.11 bits per heavy atom. The highest BCUT2D eigenvalue weighted by molar-refractivity contribution is 4.97. The second kappa shape index (κ2) is 5.48. The average molecular weight is 253 g/mol. The van der Waals surface area contributed by atoms with Crippen LogP contribution >= 0.6 is 0 Å². The van der Waals surface area contributed by atoms with Gasteiger partial charge in [-0.25, -0.2) is 0 Å². The second-order valence-corrected chi connectivity index (χ2v) is 6.58. The first-order valence-corrected chi connectivity index (χ1v) is 7.82. The van der Waals surface area contributed by atoms with Gasteiger partial charge in [0.15, 0.2) is 0 Å². The Bertz CT molecular complexity index is 278. The zero-order valence-electron chi connectivity index (χ0n) is 11.4. The van der Waals surface area contributed by atoms with E-state index < -0.39 is 0 Å². The van der Waals surface area contributed by atoms with E-state index in [0.717, 1.165) is 13.0 Å². The third-order valence-electron chi connectivity index (χ3n) is 5.35. The first kappa shape index (κ1) is 12.9. The van der Waals surface area contributed by atoms with E-state index in [-0.39, 0.29) is 5.60 Å². The molecule has 0 radical (unpaired) electrons. The quantitative estimate of drug-likeness (QED) is 0.810. The molecule has 1 saturated heterocycles. The van der Waals surface area contributed by atoms with Crippen LogP contribution in [0.2, 0.25) is 0 Å². The highest BCUT2D eigenvalue weighted by atomic mass is 16.5. The molecule has 2 N–H and O–H groups in total. The first-order chi connectivity index (χ1) is 8.81. The van der Waals surface area contributed by atoms with Crippen LogP contribution in [-0.4, -0.2) is 36.0 Å². The van der Waals surface area contributed by atoms with E-state index in [1.165, 1.54) is 51.4 Å². The molecule has 18 heavy (non-hydrogen) atoms. The van der Waals surface area contributed by atoms with E-state index in [4.69, 9.17) is 4.74 Å². The van der Waals surface area contributed by atoms with Gasteiger partial charge in [0.2, 0.25) is 0 Å². The first-order valence-electron chi connectivity index (χ1n) is 7.82. The maximum Gasteiger partial charge on any atom is 0.0697 e. The molecule has 3 nitrogen and oxygen atoms in total. The molecule has 3 fully saturated rings. The van der Waals surface area contributed by atoms with Crippen molar-refractivity contribution >= 4 is 0 Å². The monoisotopic (exact) mass is 253 g/mol. The predicted molar refractivity (Wildman–Crippen MR) is 71.5 cm³/mol. The van der Waals surface area contributed by atoms with Crippen molar-refractivity contribution in [2.45, 2.75) is 75.5 Å². The van der Waals surface area contributed by atoms with Gasteiger partial charge < -0.3 is 15.2 Å². The van der Waals surface area contributed by atoms with Gasteiger partial charge in [-0.3, -0.25) is 0 Å². The standard InChI is InChI=1S/C15H27NO2/c17-11-12-4-1-2-5-14(12)16-13-6-9-18-15(10-13)7-3-8-15/h12-14,16-17H,1-11H2. The van der Waals surface area contributed by atoms with E-state index in [1.54, 1.807) is 0 Å². The van der Waals surface area contributed by atoms with Gasteiger partial charge in [-0.1, -0.05) is 12.8 Å². The van der Waals surface area contributed by atoms with E-state index >= 15 is 0 Å². The van der Waals surface area contributed by atoms with E-state index in [0.29, 0.717) is 24.6 Å². The fourth-order valence-corrected chi connectivity index (χ4v) is 4.04. The lowest BCUT2D eigenvalue weighted by Gasteiger charge is -2.48. The number of hydrogen-bond donors (Lipinski definition) is 2. The van der Waals surface area contributed by atoms with E-state index in [1.807, 2.05) is 0 Å². The molecule has 0 bridgehead atoms. The van der Waals surface area contributed by atoms with Crippen LogP contribution in [0.5, 0.6) is 0 Å². The predicted octanol–water partition coefficient (Wildman–Crippen LogP) is 2.23. The number of ether oxygens (including phenoxy) is 1. The van der Waals surface area contributed by atoms with Crippen molar-refractivity contribution in [2.24, 2.45) is 5.92 Å². The van der Waals surface area contributed by atoms with E-state index in [2.05, 4.69) is 5.32 Å². The fraction of sp³-hybridized carbons (Fsp3) is 1.00. The molecule has 2 saturated carbocycles. The molecule has 3 rings (SSSR count). The lowest BCUT2D eigenvalue weighted by molar-refractivity contribution is -0.137. The molecule has 1 aliphatic heterocycles. The minimum absolute atomic E-state index is 0.235. The Kier molecular flexibility index (Phi) is 3.92. The Morgan fingerprint density at radius 3 is 2.67 bits per heavy atom. The summed E-state index contributed by atoms with van der Waals surface area (Å²) >= 11 is 0. The Morgan fingerprint density at radius 2 is 1.94 bits per heavy atom. The summed E-state index contributed by atoms with van der Waals surface area (Å²) in [5.41, 5.74) is 0.235. The van der Waals surface area contributed by atoms with Gasteiger partial charge in [0.1, 0.15) is 0 Å². The SMILES string of the molecule is OCC1CCCCC1NC1CCOC2(CCC2)C1. The lowest BCUT2D eigenvalue weighted by Crippen LogP contribution is -2.54. The summed E-state index contributed by atoms with van der Waals surface area (Å²) in [6.45, 7) is 1.28. The maximum absolute atomic E-state index is 9.49. The summed E-state index contributed by atoms with van der Waals surface area (Å²) in [4.78, 5) is 0. The number of aliphatic hydroxyl groups excluding tert-OH is 1. The Balaban J connectivity index is 1.54. The van der Waals surface area contributed by atoms with Crippen molar-refractivity contribution < 1.29 is 9.84 Å². The summed E-state index contributed by atoms with van der Waals surface area (Å²) in [7, 11) is 0. The van der Waals surface area contributed by atoms with Gasteiger partial charge >= 0.3 is 0 Å². The van der Waals surface area contributed by atoms with Crippen molar-refractivity contribution in [3.63, 3.8) is 0 Å². The van der Waals surface area contributed by atoms with Crippen LogP contribution in [0.4, 0.5) is 0 Å². The van der Waals surface area contributed by atoms with Crippen molar-refractivity contribution in [3.8, 4) is 0 Å². The molecule has 0 amide bonds. The zero-order chi connectivity index (χ0) is 12.4. The van der Waals surface area contributed by atoms with Gasteiger partial charge in [0, 0.05) is 25.3 Å². The van der Waals surface area contributed by atoms with Crippen LogP contribution < -0.4 is 5.32 Å². The van der Waals surface area contributed by atoms with Gasteiger partial charge in [0.05, 0.1) is 5.60 Å². The normalized spacial score (nSPS) is 39.5. The minimum Gasteiger partial charge on any atom is -0.396 e. The number of nitrogens with one attached hydrogen (secondary N) is 1. The van der Waals surface area contributed by atoms with Crippen LogP contribution in [0, 0.1) is 5.92 Å². The highest BCUT2D eigenvalue weighted by Gasteiger charge is 2.43. The summed E-state index contributed by atoms with van der Waals surface area (Å²) in [6.07, 6.45) is 11.3. The minimum atomic E-state index is 0.235. The number of rotatable bonds is 3. The van der Waals surface area contributed by atoms with Crippen molar-refractivity contribution in [3.05, 3.63) is 0 Å². The number of hydrogen-bond acceptors (Lipinski definition) is 3. The topological polar surface area (TPSA) is 41.5 Å². The summed E-state index contributed by atoms with van der Waals surface area (Å²) in [5, 5.41) is 13.3. The van der Waals surface area contributed by atoms with Crippen LogP contribution in [0.15, 0.2) is 0 Å². The third kappa shape index (κ3) is 2.59. The summed E-state index contributed by atoms with van der Waals surface area (Å²) < 4.78 is 5.98. The molecule has 1 spiro atoms. The third-order valence-corrected chi connectivity index (χ3v) is 5.35. The van der Waals surface area contributed by atoms with Gasteiger partial charge in [-0.2, -0.15) is 0 Å². The number of aliphatic hydroxyl groups is 1. The van der Waals surface area contributed by atoms with Crippen molar-refractivity contribution in [1.82, 2.24) is 5.32 Å². The highest BCUT2D eigenvalue weighted by Crippen LogP contribution is 2.42.